The molecule has 10 nitrogen and oxygen atoms in total. The number of ether oxygens (including phenoxy) is 8. The largest absolute Gasteiger partial charge is 0.493 e. The summed E-state index contributed by atoms with van der Waals surface area (Å²) in [5.74, 6) is 0.397. The molecule has 2 aromatic carbocycles. The van der Waals surface area contributed by atoms with Crippen molar-refractivity contribution in [1.29, 1.82) is 0 Å². The molecule has 0 N–H and O–H groups in total. The van der Waals surface area contributed by atoms with Gasteiger partial charge >= 0.3 is 11.9 Å². The van der Waals surface area contributed by atoms with Crippen molar-refractivity contribution in [2.45, 2.75) is 44.6 Å². The molecule has 2 aromatic rings. The van der Waals surface area contributed by atoms with Gasteiger partial charge in [0.2, 0.25) is 18.3 Å². The van der Waals surface area contributed by atoms with Gasteiger partial charge in [-0.25, -0.2) is 0 Å². The van der Waals surface area contributed by atoms with Gasteiger partial charge in [0.25, 0.3) is 0 Å². The summed E-state index contributed by atoms with van der Waals surface area (Å²) in [5, 5.41) is 0. The van der Waals surface area contributed by atoms with Gasteiger partial charge in [-0.05, 0) is 35.7 Å². The minimum Gasteiger partial charge on any atom is -0.493 e. The number of rotatable bonds is 10. The molecule has 210 valence electrons. The molecule has 0 saturated carbocycles. The number of methoxy groups -OCH3 is 4. The van der Waals surface area contributed by atoms with Crippen LogP contribution in [0.4, 0.5) is 0 Å². The van der Waals surface area contributed by atoms with Crippen LogP contribution in [0.25, 0.3) is 0 Å². The van der Waals surface area contributed by atoms with E-state index in [-0.39, 0.29) is 31.8 Å². The van der Waals surface area contributed by atoms with Gasteiger partial charge in [-0.15, -0.1) is 0 Å². The zero-order valence-electron chi connectivity index (χ0n) is 22.9. The van der Waals surface area contributed by atoms with Crippen LogP contribution in [0.2, 0.25) is 0 Å². The van der Waals surface area contributed by atoms with E-state index in [2.05, 4.69) is 6.92 Å². The Balaban J connectivity index is 1.71. The van der Waals surface area contributed by atoms with Crippen LogP contribution in [0.3, 0.4) is 0 Å². The van der Waals surface area contributed by atoms with Crippen molar-refractivity contribution in [3.05, 3.63) is 34.9 Å². The van der Waals surface area contributed by atoms with Crippen molar-refractivity contribution in [3.8, 4) is 34.5 Å². The standard InChI is InChI=1S/C29H34O10/c1-6-7-8-9-21(30)39-25-17-13-36-29(31)23(17)22(15-10-18(32-2)26(34-4)19(11-15)33-3)16-12-20-27(38-14-37-20)28(35-5)24(16)25/h10-12,17,22-23,25H,6-9,13-14H2,1-5H3/t17-,22+,23-,25+/m0/s1. The van der Waals surface area contributed by atoms with Crippen LogP contribution in [0.1, 0.15) is 61.3 Å². The molecule has 1 saturated heterocycles. The van der Waals surface area contributed by atoms with Gasteiger partial charge in [-0.3, -0.25) is 9.59 Å². The zero-order valence-corrected chi connectivity index (χ0v) is 22.9. The quantitative estimate of drug-likeness (QED) is 0.313. The number of unbranched alkanes of at least 4 members (excludes halogenated alkanes) is 2. The van der Waals surface area contributed by atoms with E-state index in [1.54, 1.807) is 0 Å². The van der Waals surface area contributed by atoms with E-state index < -0.39 is 23.9 Å². The van der Waals surface area contributed by atoms with Crippen molar-refractivity contribution in [1.82, 2.24) is 0 Å². The predicted molar refractivity (Wildman–Crippen MR) is 138 cm³/mol. The Labute approximate surface area is 227 Å². The van der Waals surface area contributed by atoms with Crippen LogP contribution < -0.4 is 28.4 Å². The maximum atomic E-state index is 13.3. The van der Waals surface area contributed by atoms with E-state index in [0.717, 1.165) is 30.4 Å². The number of cyclic esters (lactones) is 1. The van der Waals surface area contributed by atoms with Gasteiger partial charge in [0.05, 0.1) is 41.0 Å². The summed E-state index contributed by atoms with van der Waals surface area (Å²) in [5.41, 5.74) is 2.11. The highest BCUT2D eigenvalue weighted by Gasteiger charge is 2.55. The Morgan fingerprint density at radius 1 is 0.923 bits per heavy atom. The van der Waals surface area contributed by atoms with Crippen LogP contribution in [0, 0.1) is 11.8 Å². The fourth-order valence-electron chi connectivity index (χ4n) is 5.95. The monoisotopic (exact) mass is 542 g/mol. The fraction of sp³-hybridized carbons (Fsp3) is 0.517. The van der Waals surface area contributed by atoms with E-state index >= 15 is 0 Å². The van der Waals surface area contributed by atoms with E-state index in [1.165, 1.54) is 28.4 Å². The average Bonchev–Trinajstić information content (AvgIpc) is 3.57. The molecule has 10 heteroatoms. The third kappa shape index (κ3) is 4.55. The minimum absolute atomic E-state index is 0.0276. The molecular formula is C29H34O10. The first-order chi connectivity index (χ1) is 19.0. The smallest absolute Gasteiger partial charge is 0.310 e. The van der Waals surface area contributed by atoms with Gasteiger partial charge in [-0.1, -0.05) is 19.8 Å². The topological polar surface area (TPSA) is 108 Å². The van der Waals surface area contributed by atoms with Gasteiger partial charge in [0, 0.05) is 23.8 Å². The highest BCUT2D eigenvalue weighted by atomic mass is 16.7. The van der Waals surface area contributed by atoms with Crippen LogP contribution in [-0.2, 0) is 19.1 Å². The maximum absolute atomic E-state index is 13.3. The highest BCUT2D eigenvalue weighted by molar-refractivity contribution is 5.80. The molecule has 0 unspecified atom stereocenters. The molecule has 39 heavy (non-hydrogen) atoms. The number of fused-ring (bicyclic) bond motifs is 3. The lowest BCUT2D eigenvalue weighted by molar-refractivity contribution is -0.154. The Hall–Kier alpha value is -3.82. The van der Waals surface area contributed by atoms with Gasteiger partial charge in [-0.2, -0.15) is 0 Å². The van der Waals surface area contributed by atoms with Gasteiger partial charge in [0.15, 0.2) is 23.0 Å². The summed E-state index contributed by atoms with van der Waals surface area (Å²) in [6, 6.07) is 5.49. The van der Waals surface area contributed by atoms with Crippen molar-refractivity contribution >= 4 is 11.9 Å². The molecule has 5 rings (SSSR count). The highest BCUT2D eigenvalue weighted by Crippen LogP contribution is 2.60. The molecule has 4 atom stereocenters. The molecule has 0 radical (unpaired) electrons. The Morgan fingerprint density at radius 3 is 2.28 bits per heavy atom. The van der Waals surface area contributed by atoms with Crippen molar-refractivity contribution < 1.29 is 47.5 Å². The Bertz CT molecular complexity index is 1230. The van der Waals surface area contributed by atoms with Crippen LogP contribution in [0.5, 0.6) is 34.5 Å². The van der Waals surface area contributed by atoms with Gasteiger partial charge < -0.3 is 37.9 Å². The average molecular weight is 543 g/mol. The molecule has 0 bridgehead atoms. The lowest BCUT2D eigenvalue weighted by Crippen LogP contribution is -2.37. The summed E-state index contributed by atoms with van der Waals surface area (Å²) in [4.78, 5) is 26.3. The molecule has 0 spiro atoms. The van der Waals surface area contributed by atoms with Crippen LogP contribution in [0.15, 0.2) is 18.2 Å². The fourth-order valence-corrected chi connectivity index (χ4v) is 5.95. The number of carbonyl (C=O) groups excluding carboxylic acids is 2. The predicted octanol–water partition coefficient (Wildman–Crippen LogP) is 4.55. The van der Waals surface area contributed by atoms with Crippen molar-refractivity contribution in [3.63, 3.8) is 0 Å². The number of esters is 2. The molecule has 1 fully saturated rings. The normalized spacial score (nSPS) is 22.4. The summed E-state index contributed by atoms with van der Waals surface area (Å²) < 4.78 is 45.8. The molecule has 2 aliphatic heterocycles. The first kappa shape index (κ1) is 26.8. The number of carbonyl (C=O) groups is 2. The maximum Gasteiger partial charge on any atom is 0.310 e. The first-order valence-electron chi connectivity index (χ1n) is 13.1. The lowest BCUT2D eigenvalue weighted by Gasteiger charge is -2.39. The SMILES string of the molecule is CCCCCC(=O)O[C@H]1c2c(cc3c(c2OC)OCO3)[C@@H](c2cc(OC)c(OC)c(OC)c2)[C@H]2C(=O)OC[C@@H]21. The summed E-state index contributed by atoms with van der Waals surface area (Å²) in [6.07, 6.45) is 2.16. The second kappa shape index (κ2) is 11.1. The van der Waals surface area contributed by atoms with Crippen molar-refractivity contribution in [2.75, 3.05) is 41.8 Å². The van der Waals surface area contributed by atoms with E-state index in [1.807, 2.05) is 18.2 Å². The summed E-state index contributed by atoms with van der Waals surface area (Å²) in [7, 11) is 6.15. The van der Waals surface area contributed by atoms with E-state index in [9.17, 15) is 9.59 Å². The van der Waals surface area contributed by atoms with E-state index in [4.69, 9.17) is 37.9 Å². The molecular weight excluding hydrogens is 508 g/mol. The zero-order chi connectivity index (χ0) is 27.7. The number of hydrogen-bond donors (Lipinski definition) is 0. The minimum atomic E-state index is -0.770. The molecule has 3 aliphatic rings. The summed E-state index contributed by atoms with van der Waals surface area (Å²) >= 11 is 0. The van der Waals surface area contributed by atoms with E-state index in [0.29, 0.717) is 40.1 Å². The third-order valence-corrected chi connectivity index (χ3v) is 7.70. The molecule has 1 aliphatic carbocycles. The first-order valence-corrected chi connectivity index (χ1v) is 13.1. The molecule has 2 heterocycles. The number of hydrogen-bond acceptors (Lipinski definition) is 10. The van der Waals surface area contributed by atoms with Gasteiger partial charge in [0.1, 0.15) is 6.10 Å². The van der Waals surface area contributed by atoms with Crippen LogP contribution in [-0.4, -0.2) is 53.8 Å². The van der Waals surface area contributed by atoms with Crippen molar-refractivity contribution in [2.24, 2.45) is 11.8 Å². The Kier molecular flexibility index (Phi) is 7.63. The van der Waals surface area contributed by atoms with Crippen LogP contribution >= 0.6 is 0 Å². The summed E-state index contributed by atoms with van der Waals surface area (Å²) in [6.45, 7) is 2.21. The second-order valence-corrected chi connectivity index (χ2v) is 9.77. The Morgan fingerprint density at radius 2 is 1.64 bits per heavy atom. The third-order valence-electron chi connectivity index (χ3n) is 7.70. The second-order valence-electron chi connectivity index (χ2n) is 9.77. The molecule has 0 amide bonds. The number of benzene rings is 2. The lowest BCUT2D eigenvalue weighted by atomic mass is 9.65. The molecule has 0 aromatic heterocycles.